The Kier molecular flexibility index (Phi) is 5.25. The predicted octanol–water partition coefficient (Wildman–Crippen LogP) is 4.79. The summed E-state index contributed by atoms with van der Waals surface area (Å²) in [6.07, 6.45) is 0. The highest BCUT2D eigenvalue weighted by atomic mass is 35.5. The van der Waals surface area contributed by atoms with Crippen molar-refractivity contribution in [3.05, 3.63) is 75.5 Å². The molecule has 3 aromatic rings. The van der Waals surface area contributed by atoms with Gasteiger partial charge in [-0.1, -0.05) is 28.4 Å². The van der Waals surface area contributed by atoms with Crippen LogP contribution in [0.4, 0.5) is 11.5 Å². The van der Waals surface area contributed by atoms with Gasteiger partial charge in [0.1, 0.15) is 5.76 Å². The van der Waals surface area contributed by atoms with Gasteiger partial charge in [0.05, 0.1) is 0 Å². The Balaban J connectivity index is 1.67. The van der Waals surface area contributed by atoms with E-state index in [0.29, 0.717) is 38.4 Å². The Bertz CT molecular complexity index is 948. The van der Waals surface area contributed by atoms with Crippen molar-refractivity contribution in [2.45, 2.75) is 6.92 Å². The van der Waals surface area contributed by atoms with E-state index in [1.54, 1.807) is 43.3 Å². The van der Waals surface area contributed by atoms with Crippen molar-refractivity contribution in [1.29, 1.82) is 0 Å². The third-order valence-corrected chi connectivity index (χ3v) is 3.84. The van der Waals surface area contributed by atoms with E-state index in [0.717, 1.165) is 0 Å². The number of carbonyl (C=O) groups excluding carboxylic acids is 2. The van der Waals surface area contributed by atoms with Crippen LogP contribution in [0.15, 0.2) is 53.1 Å². The summed E-state index contributed by atoms with van der Waals surface area (Å²) < 4.78 is 4.89. The molecule has 2 amide bonds. The molecule has 6 nitrogen and oxygen atoms in total. The van der Waals surface area contributed by atoms with Gasteiger partial charge in [0.25, 0.3) is 11.8 Å². The molecule has 0 aliphatic heterocycles. The molecular weight excluding hydrogens is 377 g/mol. The van der Waals surface area contributed by atoms with Gasteiger partial charge in [0, 0.05) is 32.9 Å². The van der Waals surface area contributed by atoms with Crippen molar-refractivity contribution in [2.75, 3.05) is 10.6 Å². The molecule has 0 aliphatic carbocycles. The average molecular weight is 390 g/mol. The Labute approximate surface area is 159 Å². The van der Waals surface area contributed by atoms with Crippen LogP contribution in [0.1, 0.15) is 26.5 Å². The number of aromatic nitrogens is 1. The summed E-state index contributed by atoms with van der Waals surface area (Å²) in [7, 11) is 0. The molecule has 0 radical (unpaired) electrons. The SMILES string of the molecule is Cc1cc(NC(=O)c2ccc(NC(=O)c3cc(Cl)cc(Cl)c3)cc2)no1. The van der Waals surface area contributed by atoms with E-state index in [2.05, 4.69) is 15.8 Å². The molecule has 3 rings (SSSR count). The van der Waals surface area contributed by atoms with Gasteiger partial charge in [0.2, 0.25) is 0 Å². The molecule has 8 heteroatoms. The summed E-state index contributed by atoms with van der Waals surface area (Å²) in [6, 6.07) is 12.6. The molecule has 132 valence electrons. The summed E-state index contributed by atoms with van der Waals surface area (Å²) in [4.78, 5) is 24.4. The fraction of sp³-hybridized carbons (Fsp3) is 0.0556. The number of nitrogens with one attached hydrogen (secondary N) is 2. The van der Waals surface area contributed by atoms with E-state index in [9.17, 15) is 9.59 Å². The first-order valence-electron chi connectivity index (χ1n) is 7.53. The van der Waals surface area contributed by atoms with Crippen LogP contribution in [0, 0.1) is 6.92 Å². The normalized spacial score (nSPS) is 10.4. The fourth-order valence-corrected chi connectivity index (χ4v) is 2.73. The molecule has 0 bridgehead atoms. The van der Waals surface area contributed by atoms with E-state index in [1.165, 1.54) is 12.1 Å². The highest BCUT2D eigenvalue weighted by Crippen LogP contribution is 2.20. The number of nitrogens with zero attached hydrogens (tertiary/aromatic N) is 1. The van der Waals surface area contributed by atoms with Crippen molar-refractivity contribution >= 4 is 46.5 Å². The summed E-state index contributed by atoms with van der Waals surface area (Å²) in [6.45, 7) is 1.73. The largest absolute Gasteiger partial charge is 0.360 e. The molecule has 26 heavy (non-hydrogen) atoms. The van der Waals surface area contributed by atoms with E-state index in [-0.39, 0.29) is 11.8 Å². The first-order valence-corrected chi connectivity index (χ1v) is 8.28. The van der Waals surface area contributed by atoms with E-state index in [4.69, 9.17) is 27.7 Å². The fourth-order valence-electron chi connectivity index (χ4n) is 2.21. The number of carbonyl (C=O) groups is 2. The number of hydrogen-bond donors (Lipinski definition) is 2. The molecule has 0 unspecified atom stereocenters. The lowest BCUT2D eigenvalue weighted by molar-refractivity contribution is 0.101. The van der Waals surface area contributed by atoms with Gasteiger partial charge >= 0.3 is 0 Å². The minimum atomic E-state index is -0.357. The van der Waals surface area contributed by atoms with Crippen LogP contribution in [0.5, 0.6) is 0 Å². The number of amides is 2. The monoisotopic (exact) mass is 389 g/mol. The maximum absolute atomic E-state index is 12.3. The Hall–Kier alpha value is -2.83. The number of hydrogen-bond acceptors (Lipinski definition) is 4. The molecule has 0 aliphatic rings. The number of anilines is 2. The van der Waals surface area contributed by atoms with Crippen LogP contribution in [-0.4, -0.2) is 17.0 Å². The van der Waals surface area contributed by atoms with Crippen LogP contribution in [0.25, 0.3) is 0 Å². The quantitative estimate of drug-likeness (QED) is 0.671. The smallest absolute Gasteiger partial charge is 0.256 e. The van der Waals surface area contributed by atoms with Gasteiger partial charge in [-0.15, -0.1) is 0 Å². The second-order valence-electron chi connectivity index (χ2n) is 5.47. The second-order valence-corrected chi connectivity index (χ2v) is 6.34. The van der Waals surface area contributed by atoms with Gasteiger partial charge in [-0.25, -0.2) is 0 Å². The zero-order valence-electron chi connectivity index (χ0n) is 13.5. The molecule has 0 saturated heterocycles. The zero-order valence-corrected chi connectivity index (χ0v) is 15.1. The molecule has 1 aromatic heterocycles. The number of rotatable bonds is 4. The molecular formula is C18H13Cl2N3O3. The highest BCUT2D eigenvalue weighted by Gasteiger charge is 2.11. The first-order chi connectivity index (χ1) is 12.4. The lowest BCUT2D eigenvalue weighted by atomic mass is 10.1. The van der Waals surface area contributed by atoms with Gasteiger partial charge in [-0.2, -0.15) is 0 Å². The van der Waals surface area contributed by atoms with E-state index in [1.807, 2.05) is 0 Å². The number of halogens is 2. The maximum Gasteiger partial charge on any atom is 0.256 e. The lowest BCUT2D eigenvalue weighted by Gasteiger charge is -2.07. The van der Waals surface area contributed by atoms with E-state index >= 15 is 0 Å². The Morgan fingerprint density at radius 3 is 2.08 bits per heavy atom. The molecule has 0 saturated carbocycles. The second kappa shape index (κ2) is 7.59. The molecule has 0 spiro atoms. The lowest BCUT2D eigenvalue weighted by Crippen LogP contribution is -2.14. The third kappa shape index (κ3) is 4.41. The molecule has 0 fully saturated rings. The molecule has 2 aromatic carbocycles. The van der Waals surface area contributed by atoms with Gasteiger partial charge in [-0.05, 0) is 49.4 Å². The highest BCUT2D eigenvalue weighted by molar-refractivity contribution is 6.35. The van der Waals surface area contributed by atoms with Crippen LogP contribution in [0.3, 0.4) is 0 Å². The zero-order chi connectivity index (χ0) is 18.7. The minimum Gasteiger partial charge on any atom is -0.360 e. The van der Waals surface area contributed by atoms with Crippen LogP contribution < -0.4 is 10.6 Å². The van der Waals surface area contributed by atoms with Gasteiger partial charge in [0.15, 0.2) is 5.82 Å². The third-order valence-electron chi connectivity index (χ3n) is 3.40. The number of benzene rings is 2. The van der Waals surface area contributed by atoms with Crippen molar-refractivity contribution in [3.63, 3.8) is 0 Å². The topological polar surface area (TPSA) is 84.2 Å². The molecule has 1 heterocycles. The predicted molar refractivity (Wildman–Crippen MR) is 100 cm³/mol. The Morgan fingerprint density at radius 2 is 1.50 bits per heavy atom. The van der Waals surface area contributed by atoms with Crippen molar-refractivity contribution in [2.24, 2.45) is 0 Å². The van der Waals surface area contributed by atoms with Crippen LogP contribution >= 0.6 is 23.2 Å². The summed E-state index contributed by atoms with van der Waals surface area (Å²) in [5.41, 5.74) is 1.28. The standard InChI is InChI=1S/C18H13Cl2N3O3/c1-10-6-16(23-26-10)22-17(24)11-2-4-15(5-3-11)21-18(25)12-7-13(19)9-14(20)8-12/h2-9H,1H3,(H,21,25)(H,22,23,24). The van der Waals surface area contributed by atoms with E-state index < -0.39 is 0 Å². The van der Waals surface area contributed by atoms with Crippen LogP contribution in [-0.2, 0) is 0 Å². The summed E-state index contributed by atoms with van der Waals surface area (Å²) in [5.74, 6) is 0.240. The van der Waals surface area contributed by atoms with Crippen LogP contribution in [0.2, 0.25) is 10.0 Å². The molecule has 0 atom stereocenters. The van der Waals surface area contributed by atoms with Crippen molar-refractivity contribution in [1.82, 2.24) is 5.16 Å². The Morgan fingerprint density at radius 1 is 0.885 bits per heavy atom. The summed E-state index contributed by atoms with van der Waals surface area (Å²) in [5, 5.41) is 9.78. The van der Waals surface area contributed by atoms with Gasteiger partial charge < -0.3 is 15.2 Å². The average Bonchev–Trinajstić information content (AvgIpc) is 2.99. The number of aryl methyl sites for hydroxylation is 1. The van der Waals surface area contributed by atoms with Crippen molar-refractivity contribution in [3.8, 4) is 0 Å². The van der Waals surface area contributed by atoms with Gasteiger partial charge in [-0.3, -0.25) is 9.59 Å². The first kappa shape index (κ1) is 18.0. The molecule has 2 N–H and O–H groups in total. The minimum absolute atomic E-state index is 0.335. The summed E-state index contributed by atoms with van der Waals surface area (Å²) >= 11 is 11.8. The maximum atomic E-state index is 12.3. The van der Waals surface area contributed by atoms with Crippen molar-refractivity contribution < 1.29 is 14.1 Å².